The standard InChI is InChI=1S/C19H21N5O4/c1-4-24-16-15(18(26)23-19(24)27)12(7-13(22-16)11-5-6-11)17(25)20-8-14-21-9(2)10(3)28-14/h7,11H,4-6,8H2,1-3H3,(H,20,25)(H,23,26,27). The Kier molecular flexibility index (Phi) is 4.37. The van der Waals surface area contributed by atoms with Gasteiger partial charge in [0.25, 0.3) is 11.5 Å². The van der Waals surface area contributed by atoms with Crippen molar-refractivity contribution in [1.29, 1.82) is 0 Å². The third kappa shape index (κ3) is 3.12. The van der Waals surface area contributed by atoms with Gasteiger partial charge in [-0.15, -0.1) is 0 Å². The molecule has 146 valence electrons. The highest BCUT2D eigenvalue weighted by molar-refractivity contribution is 6.05. The van der Waals surface area contributed by atoms with E-state index in [2.05, 4.69) is 20.3 Å². The van der Waals surface area contributed by atoms with Gasteiger partial charge in [0.1, 0.15) is 5.76 Å². The highest BCUT2D eigenvalue weighted by Gasteiger charge is 2.28. The molecule has 0 bridgehead atoms. The molecule has 4 rings (SSSR count). The number of hydrogen-bond donors (Lipinski definition) is 2. The first-order chi connectivity index (χ1) is 13.4. The normalized spacial score (nSPS) is 13.8. The molecule has 28 heavy (non-hydrogen) atoms. The first-order valence-corrected chi connectivity index (χ1v) is 9.28. The molecule has 1 aliphatic rings. The minimum Gasteiger partial charge on any atom is -0.444 e. The Morgan fingerprint density at radius 3 is 2.68 bits per heavy atom. The Labute approximate surface area is 159 Å². The maximum Gasteiger partial charge on any atom is 0.329 e. The average Bonchev–Trinajstić information content (AvgIpc) is 3.45. The van der Waals surface area contributed by atoms with Crippen molar-refractivity contribution in [2.75, 3.05) is 0 Å². The Bertz CT molecular complexity index is 1180. The number of aromatic amines is 1. The predicted molar refractivity (Wildman–Crippen MR) is 101 cm³/mol. The zero-order chi connectivity index (χ0) is 20.0. The van der Waals surface area contributed by atoms with E-state index in [1.54, 1.807) is 19.9 Å². The van der Waals surface area contributed by atoms with Gasteiger partial charge >= 0.3 is 5.69 Å². The molecule has 1 amide bonds. The Morgan fingerprint density at radius 2 is 2.07 bits per heavy atom. The molecular formula is C19H21N5O4. The van der Waals surface area contributed by atoms with Gasteiger partial charge in [0.15, 0.2) is 5.65 Å². The van der Waals surface area contributed by atoms with Crippen molar-refractivity contribution in [1.82, 2.24) is 24.8 Å². The van der Waals surface area contributed by atoms with Crippen LogP contribution in [0.25, 0.3) is 11.0 Å². The van der Waals surface area contributed by atoms with E-state index >= 15 is 0 Å². The van der Waals surface area contributed by atoms with E-state index in [1.807, 2.05) is 6.92 Å². The fourth-order valence-electron chi connectivity index (χ4n) is 3.22. The molecule has 1 saturated carbocycles. The lowest BCUT2D eigenvalue weighted by Gasteiger charge is -2.12. The van der Waals surface area contributed by atoms with Gasteiger partial charge in [0.2, 0.25) is 5.89 Å². The molecule has 0 spiro atoms. The quantitative estimate of drug-likeness (QED) is 0.689. The third-order valence-electron chi connectivity index (χ3n) is 5.00. The number of nitrogens with zero attached hydrogens (tertiary/aromatic N) is 3. The number of amides is 1. The second kappa shape index (κ2) is 6.74. The van der Waals surface area contributed by atoms with Crippen LogP contribution in [0.15, 0.2) is 20.1 Å². The van der Waals surface area contributed by atoms with Crippen molar-refractivity contribution in [3.63, 3.8) is 0 Å². The molecule has 1 aliphatic carbocycles. The van der Waals surface area contributed by atoms with Gasteiger partial charge in [0, 0.05) is 18.2 Å². The summed E-state index contributed by atoms with van der Waals surface area (Å²) in [6, 6.07) is 1.65. The number of rotatable bonds is 5. The molecule has 3 aromatic rings. The Balaban J connectivity index is 1.79. The van der Waals surface area contributed by atoms with E-state index < -0.39 is 17.2 Å². The van der Waals surface area contributed by atoms with Crippen LogP contribution in [0, 0.1) is 13.8 Å². The van der Waals surface area contributed by atoms with Crippen LogP contribution in [0.5, 0.6) is 0 Å². The molecule has 0 atom stereocenters. The fraction of sp³-hybridized carbons (Fsp3) is 0.421. The highest BCUT2D eigenvalue weighted by Crippen LogP contribution is 2.39. The summed E-state index contributed by atoms with van der Waals surface area (Å²) >= 11 is 0. The van der Waals surface area contributed by atoms with Crippen LogP contribution in [0.1, 0.15) is 59.1 Å². The van der Waals surface area contributed by atoms with Crippen molar-refractivity contribution < 1.29 is 9.21 Å². The maximum absolute atomic E-state index is 12.9. The van der Waals surface area contributed by atoms with Crippen LogP contribution >= 0.6 is 0 Å². The van der Waals surface area contributed by atoms with Crippen LogP contribution in [-0.4, -0.2) is 25.4 Å². The second-order valence-electron chi connectivity index (χ2n) is 7.00. The van der Waals surface area contributed by atoms with Gasteiger partial charge < -0.3 is 9.73 Å². The molecule has 9 nitrogen and oxygen atoms in total. The minimum absolute atomic E-state index is 0.0986. The van der Waals surface area contributed by atoms with Gasteiger partial charge in [-0.3, -0.25) is 19.1 Å². The maximum atomic E-state index is 12.9. The van der Waals surface area contributed by atoms with Gasteiger partial charge in [-0.1, -0.05) is 0 Å². The van der Waals surface area contributed by atoms with Crippen molar-refractivity contribution >= 4 is 16.9 Å². The molecule has 0 unspecified atom stereocenters. The fourth-order valence-corrected chi connectivity index (χ4v) is 3.22. The van der Waals surface area contributed by atoms with Gasteiger partial charge in [-0.25, -0.2) is 14.8 Å². The molecule has 2 N–H and O–H groups in total. The summed E-state index contributed by atoms with van der Waals surface area (Å²) in [6.45, 7) is 5.85. The number of aromatic nitrogens is 4. The Morgan fingerprint density at radius 1 is 1.32 bits per heavy atom. The van der Waals surface area contributed by atoms with Crippen molar-refractivity contribution in [3.8, 4) is 0 Å². The zero-order valence-corrected chi connectivity index (χ0v) is 16.0. The molecule has 3 heterocycles. The van der Waals surface area contributed by atoms with Crippen molar-refractivity contribution in [3.05, 3.63) is 55.5 Å². The summed E-state index contributed by atoms with van der Waals surface area (Å²) in [6.07, 6.45) is 1.96. The predicted octanol–water partition coefficient (Wildman–Crippen LogP) is 1.52. The SMILES string of the molecule is CCn1c(=O)[nH]c(=O)c2c(C(=O)NCc3nc(C)c(C)o3)cc(C3CC3)nc21. The summed E-state index contributed by atoms with van der Waals surface area (Å²) in [4.78, 5) is 48.6. The number of nitrogens with one attached hydrogen (secondary N) is 2. The number of pyridine rings is 1. The summed E-state index contributed by atoms with van der Waals surface area (Å²) in [7, 11) is 0. The molecule has 0 aromatic carbocycles. The van der Waals surface area contributed by atoms with Crippen LogP contribution in [0.4, 0.5) is 0 Å². The molecule has 0 radical (unpaired) electrons. The highest BCUT2D eigenvalue weighted by atomic mass is 16.4. The van der Waals surface area contributed by atoms with Crippen molar-refractivity contribution in [2.24, 2.45) is 0 Å². The van der Waals surface area contributed by atoms with Crippen LogP contribution < -0.4 is 16.6 Å². The van der Waals surface area contributed by atoms with E-state index in [-0.39, 0.29) is 29.1 Å². The van der Waals surface area contributed by atoms with E-state index in [1.165, 1.54) is 4.57 Å². The first-order valence-electron chi connectivity index (χ1n) is 9.28. The second-order valence-corrected chi connectivity index (χ2v) is 7.00. The first kappa shape index (κ1) is 18.1. The van der Waals surface area contributed by atoms with E-state index in [4.69, 9.17) is 4.42 Å². The third-order valence-corrected chi connectivity index (χ3v) is 5.00. The minimum atomic E-state index is -0.618. The topological polar surface area (TPSA) is 123 Å². The van der Waals surface area contributed by atoms with Crippen LogP contribution in [-0.2, 0) is 13.1 Å². The molecule has 1 fully saturated rings. The molecular weight excluding hydrogens is 362 g/mol. The number of carbonyl (C=O) groups excluding carboxylic acids is 1. The monoisotopic (exact) mass is 383 g/mol. The van der Waals surface area contributed by atoms with E-state index in [0.717, 1.165) is 24.2 Å². The number of fused-ring (bicyclic) bond motifs is 1. The van der Waals surface area contributed by atoms with Crippen molar-refractivity contribution in [2.45, 2.75) is 52.6 Å². The lowest BCUT2D eigenvalue weighted by Crippen LogP contribution is -2.33. The lowest BCUT2D eigenvalue weighted by molar-refractivity contribution is 0.0948. The zero-order valence-electron chi connectivity index (χ0n) is 16.0. The van der Waals surface area contributed by atoms with Crippen LogP contribution in [0.2, 0.25) is 0 Å². The number of H-pyrrole nitrogens is 1. The summed E-state index contributed by atoms with van der Waals surface area (Å²) in [5.74, 6) is 0.906. The summed E-state index contributed by atoms with van der Waals surface area (Å²) in [5, 5.41) is 2.86. The largest absolute Gasteiger partial charge is 0.444 e. The molecule has 0 saturated heterocycles. The molecule has 9 heteroatoms. The van der Waals surface area contributed by atoms with E-state index in [9.17, 15) is 14.4 Å². The van der Waals surface area contributed by atoms with Gasteiger partial charge in [-0.2, -0.15) is 0 Å². The number of oxazole rings is 1. The average molecular weight is 383 g/mol. The van der Waals surface area contributed by atoms with Crippen LogP contribution in [0.3, 0.4) is 0 Å². The lowest BCUT2D eigenvalue weighted by atomic mass is 10.1. The number of aryl methyl sites for hydroxylation is 3. The molecule has 3 aromatic heterocycles. The molecule has 0 aliphatic heterocycles. The van der Waals surface area contributed by atoms with E-state index in [0.29, 0.717) is 18.2 Å². The van der Waals surface area contributed by atoms with Gasteiger partial charge in [0.05, 0.1) is 23.2 Å². The number of carbonyl (C=O) groups is 1. The smallest absolute Gasteiger partial charge is 0.329 e. The Hall–Kier alpha value is -3.23. The summed E-state index contributed by atoms with van der Waals surface area (Å²) < 4.78 is 6.86. The number of hydrogen-bond acceptors (Lipinski definition) is 6. The van der Waals surface area contributed by atoms with Gasteiger partial charge in [-0.05, 0) is 39.7 Å². The summed E-state index contributed by atoms with van der Waals surface area (Å²) in [5.41, 5.74) is 0.791.